The van der Waals surface area contributed by atoms with Gasteiger partial charge in [-0.15, -0.1) is 0 Å². The van der Waals surface area contributed by atoms with Crippen molar-refractivity contribution in [1.29, 1.82) is 0 Å². The Morgan fingerprint density at radius 1 is 0.882 bits per heavy atom. The Hall–Kier alpha value is -3.98. The number of hydrogen-bond acceptors (Lipinski definition) is 5. The molecular formula is C25H26N4O4S. The van der Waals surface area contributed by atoms with Gasteiger partial charge in [0.1, 0.15) is 6.54 Å². The number of carbonyl (C=O) groups excluding carboxylic acids is 2. The van der Waals surface area contributed by atoms with Gasteiger partial charge in [-0.3, -0.25) is 13.9 Å². The van der Waals surface area contributed by atoms with E-state index in [9.17, 15) is 18.0 Å². The molecule has 3 aromatic carbocycles. The first-order chi connectivity index (χ1) is 16.2. The molecule has 176 valence electrons. The molecule has 0 spiro atoms. The summed E-state index contributed by atoms with van der Waals surface area (Å²) in [6.07, 6.45) is 0. The number of para-hydroxylation sites is 1. The average molecular weight is 479 g/mol. The van der Waals surface area contributed by atoms with Gasteiger partial charge in [-0.2, -0.15) is 5.10 Å². The lowest BCUT2D eigenvalue weighted by atomic mass is 10.1. The van der Waals surface area contributed by atoms with Gasteiger partial charge in [-0.05, 0) is 55.3 Å². The van der Waals surface area contributed by atoms with Gasteiger partial charge in [0.25, 0.3) is 15.9 Å². The molecule has 0 bridgehead atoms. The Kier molecular flexibility index (Phi) is 7.80. The van der Waals surface area contributed by atoms with E-state index in [-0.39, 0.29) is 10.8 Å². The van der Waals surface area contributed by atoms with Crippen molar-refractivity contribution in [2.75, 3.05) is 16.2 Å². The molecule has 0 saturated carbocycles. The fraction of sp³-hybridized carbons (Fsp3) is 0.160. The molecule has 0 unspecified atom stereocenters. The van der Waals surface area contributed by atoms with Gasteiger partial charge in [0.15, 0.2) is 0 Å². The number of hydrazone groups is 1. The van der Waals surface area contributed by atoms with Gasteiger partial charge in [-0.1, -0.05) is 48.5 Å². The quantitative estimate of drug-likeness (QED) is 0.380. The number of aryl methyl sites for hydroxylation is 1. The summed E-state index contributed by atoms with van der Waals surface area (Å²) in [7, 11) is -3.99. The molecular weight excluding hydrogens is 452 g/mol. The van der Waals surface area contributed by atoms with Gasteiger partial charge >= 0.3 is 0 Å². The van der Waals surface area contributed by atoms with Crippen molar-refractivity contribution in [2.24, 2.45) is 5.10 Å². The second-order valence-corrected chi connectivity index (χ2v) is 9.46. The van der Waals surface area contributed by atoms with Crippen LogP contribution in [-0.2, 0) is 19.6 Å². The standard InChI is InChI=1S/C25H26N4O4S/c1-18-9-7-8-12-24(18)29(34(32,33)23-10-5-4-6-11-23)17-25(31)28-27-19(2)21-13-15-22(16-14-21)26-20(3)30/h4-16H,17H2,1-3H3,(H,26,30)(H,28,31)/b27-19-. The van der Waals surface area contributed by atoms with E-state index in [1.54, 1.807) is 80.6 Å². The number of amides is 2. The topological polar surface area (TPSA) is 108 Å². The van der Waals surface area contributed by atoms with E-state index in [4.69, 9.17) is 0 Å². The molecule has 0 aliphatic heterocycles. The fourth-order valence-electron chi connectivity index (χ4n) is 3.24. The predicted molar refractivity (Wildman–Crippen MR) is 133 cm³/mol. The highest BCUT2D eigenvalue weighted by molar-refractivity contribution is 7.92. The van der Waals surface area contributed by atoms with Crippen molar-refractivity contribution in [3.05, 3.63) is 90.0 Å². The minimum absolute atomic E-state index is 0.0880. The molecule has 34 heavy (non-hydrogen) atoms. The number of rotatable bonds is 8. The summed E-state index contributed by atoms with van der Waals surface area (Å²) in [4.78, 5) is 24.0. The third-order valence-corrected chi connectivity index (χ3v) is 6.75. The van der Waals surface area contributed by atoms with Crippen LogP contribution >= 0.6 is 0 Å². The van der Waals surface area contributed by atoms with Gasteiger partial charge in [0, 0.05) is 12.6 Å². The van der Waals surface area contributed by atoms with E-state index < -0.39 is 22.5 Å². The van der Waals surface area contributed by atoms with Crippen molar-refractivity contribution < 1.29 is 18.0 Å². The maximum atomic E-state index is 13.4. The monoisotopic (exact) mass is 478 g/mol. The van der Waals surface area contributed by atoms with Crippen LogP contribution < -0.4 is 15.0 Å². The molecule has 0 radical (unpaired) electrons. The highest BCUT2D eigenvalue weighted by Gasteiger charge is 2.28. The Balaban J connectivity index is 1.81. The number of benzene rings is 3. The minimum atomic E-state index is -3.99. The van der Waals surface area contributed by atoms with Crippen molar-refractivity contribution >= 4 is 38.9 Å². The van der Waals surface area contributed by atoms with E-state index in [1.807, 2.05) is 0 Å². The Labute approximate surface area is 199 Å². The van der Waals surface area contributed by atoms with E-state index in [2.05, 4.69) is 15.8 Å². The highest BCUT2D eigenvalue weighted by Crippen LogP contribution is 2.26. The van der Waals surface area contributed by atoms with Gasteiger partial charge in [-0.25, -0.2) is 13.8 Å². The highest BCUT2D eigenvalue weighted by atomic mass is 32.2. The lowest BCUT2D eigenvalue weighted by Gasteiger charge is -2.25. The summed E-state index contributed by atoms with van der Waals surface area (Å²) >= 11 is 0. The van der Waals surface area contributed by atoms with Crippen LogP contribution in [0.3, 0.4) is 0 Å². The molecule has 0 atom stereocenters. The number of nitrogens with one attached hydrogen (secondary N) is 2. The van der Waals surface area contributed by atoms with Crippen molar-refractivity contribution in [3.8, 4) is 0 Å². The van der Waals surface area contributed by atoms with Crippen molar-refractivity contribution in [1.82, 2.24) is 5.43 Å². The van der Waals surface area contributed by atoms with E-state index >= 15 is 0 Å². The Bertz CT molecular complexity index is 1300. The normalized spacial score (nSPS) is 11.6. The summed E-state index contributed by atoms with van der Waals surface area (Å²) in [5.41, 5.74) is 5.48. The average Bonchev–Trinajstić information content (AvgIpc) is 2.82. The Morgan fingerprint density at radius 2 is 1.50 bits per heavy atom. The Morgan fingerprint density at radius 3 is 2.12 bits per heavy atom. The first-order valence-corrected chi connectivity index (χ1v) is 12.0. The van der Waals surface area contributed by atoms with Gasteiger partial charge in [0.2, 0.25) is 5.91 Å². The first-order valence-electron chi connectivity index (χ1n) is 10.5. The van der Waals surface area contributed by atoms with Crippen LogP contribution in [0.15, 0.2) is 88.9 Å². The maximum absolute atomic E-state index is 13.4. The summed E-state index contributed by atoms with van der Waals surface area (Å²) < 4.78 is 27.8. The number of anilines is 2. The number of nitrogens with zero attached hydrogens (tertiary/aromatic N) is 2. The molecule has 0 aliphatic rings. The summed E-state index contributed by atoms with van der Waals surface area (Å²) in [5, 5.41) is 6.80. The maximum Gasteiger partial charge on any atom is 0.264 e. The van der Waals surface area contributed by atoms with Crippen LogP contribution in [0.1, 0.15) is 25.0 Å². The lowest BCUT2D eigenvalue weighted by molar-refractivity contribution is -0.119. The van der Waals surface area contributed by atoms with Crippen LogP contribution in [0.2, 0.25) is 0 Å². The smallest absolute Gasteiger partial charge is 0.264 e. The zero-order valence-corrected chi connectivity index (χ0v) is 20.0. The first kappa shape index (κ1) is 24.7. The molecule has 2 amide bonds. The lowest BCUT2D eigenvalue weighted by Crippen LogP contribution is -2.40. The number of carbonyl (C=O) groups is 2. The number of sulfonamides is 1. The molecule has 3 rings (SSSR count). The van der Waals surface area contributed by atoms with Crippen LogP contribution in [0.25, 0.3) is 0 Å². The van der Waals surface area contributed by atoms with Crippen LogP contribution in [0.5, 0.6) is 0 Å². The summed E-state index contributed by atoms with van der Waals surface area (Å²) in [6, 6.07) is 21.9. The SMILES string of the molecule is CC(=O)Nc1ccc(/C(C)=N\NC(=O)CN(c2ccccc2C)S(=O)(=O)c2ccccc2)cc1. The number of hydrogen-bond donors (Lipinski definition) is 2. The van der Waals surface area contributed by atoms with E-state index in [0.717, 1.165) is 9.87 Å². The van der Waals surface area contributed by atoms with Crippen LogP contribution in [-0.4, -0.2) is 32.5 Å². The largest absolute Gasteiger partial charge is 0.326 e. The molecule has 0 heterocycles. The zero-order valence-electron chi connectivity index (χ0n) is 19.1. The molecule has 0 saturated heterocycles. The molecule has 0 fully saturated rings. The second-order valence-electron chi connectivity index (χ2n) is 7.60. The molecule has 3 aromatic rings. The second kappa shape index (κ2) is 10.8. The third-order valence-electron chi connectivity index (χ3n) is 4.97. The molecule has 0 aromatic heterocycles. The molecule has 9 heteroatoms. The van der Waals surface area contributed by atoms with Gasteiger partial charge < -0.3 is 5.32 Å². The van der Waals surface area contributed by atoms with E-state index in [0.29, 0.717) is 22.6 Å². The minimum Gasteiger partial charge on any atom is -0.326 e. The predicted octanol–water partition coefficient (Wildman–Crippen LogP) is 3.69. The van der Waals surface area contributed by atoms with Gasteiger partial charge in [0.05, 0.1) is 16.3 Å². The van der Waals surface area contributed by atoms with Crippen LogP contribution in [0.4, 0.5) is 11.4 Å². The van der Waals surface area contributed by atoms with Crippen LogP contribution in [0, 0.1) is 6.92 Å². The van der Waals surface area contributed by atoms with Crippen molar-refractivity contribution in [3.63, 3.8) is 0 Å². The fourth-order valence-corrected chi connectivity index (χ4v) is 4.74. The summed E-state index contributed by atoms with van der Waals surface area (Å²) in [5.74, 6) is -0.758. The third kappa shape index (κ3) is 6.08. The zero-order chi connectivity index (χ0) is 24.7. The summed E-state index contributed by atoms with van der Waals surface area (Å²) in [6.45, 7) is 4.48. The molecule has 0 aliphatic carbocycles. The molecule has 2 N–H and O–H groups in total. The van der Waals surface area contributed by atoms with Crippen molar-refractivity contribution in [2.45, 2.75) is 25.7 Å². The van der Waals surface area contributed by atoms with E-state index in [1.165, 1.54) is 19.1 Å². The molecule has 8 nitrogen and oxygen atoms in total.